The Balaban J connectivity index is 0.940. The Labute approximate surface area is 431 Å². The first-order valence-electron chi connectivity index (χ1n) is 25.0. The fourth-order valence-corrected chi connectivity index (χ4v) is 10.5. The minimum absolute atomic E-state index is 0.0524. The van der Waals surface area contributed by atoms with E-state index < -0.39 is 116 Å². The number of phosphoric acid groups is 1. The molecule has 0 aliphatic carbocycles. The smallest absolute Gasteiger partial charge is 0.396 e. The van der Waals surface area contributed by atoms with Gasteiger partial charge < -0.3 is 49.0 Å². The first-order valence-corrected chi connectivity index (χ1v) is 26.6. The Bertz CT molecular complexity index is 3440. The first-order chi connectivity index (χ1) is 36.4. The molecule has 2 aromatic carbocycles. The molecule has 7 N–H and O–H groups in total. The number of ether oxygens (including phenoxy) is 5. The topological polar surface area (TPSA) is 332 Å². The number of aliphatic hydroxyl groups excluding tert-OH is 2. The predicted octanol–water partition coefficient (Wildman–Crippen LogP) is 1.73. The average Bonchev–Trinajstić information content (AvgIpc) is 4.12. The number of unbranched alkanes of at least 4 members (excludes halogenated alkanes) is 1. The molecule has 9 rings (SSSR count). The van der Waals surface area contributed by atoms with Crippen molar-refractivity contribution in [1.82, 2.24) is 33.2 Å². The van der Waals surface area contributed by atoms with Crippen molar-refractivity contribution in [3.05, 3.63) is 146 Å². The number of fused-ring (bicyclic) bond motifs is 2. The van der Waals surface area contributed by atoms with Crippen molar-refractivity contribution in [2.75, 3.05) is 38.3 Å². The molecule has 26 heteroatoms. The van der Waals surface area contributed by atoms with Crippen LogP contribution < -0.4 is 39.1 Å². The van der Waals surface area contributed by atoms with Crippen molar-refractivity contribution in [2.45, 2.75) is 121 Å². The van der Waals surface area contributed by atoms with E-state index >= 15 is 0 Å². The van der Waals surface area contributed by atoms with Crippen LogP contribution in [0, 0.1) is 26.7 Å². The fourth-order valence-electron chi connectivity index (χ4n) is 10.2. The predicted molar refractivity (Wildman–Crippen MR) is 273 cm³/mol. The second kappa shape index (κ2) is 23.2. The van der Waals surface area contributed by atoms with Crippen LogP contribution in [-0.2, 0) is 39.3 Å². The maximum Gasteiger partial charge on any atom is 0.469 e. The van der Waals surface area contributed by atoms with E-state index in [0.29, 0.717) is 25.8 Å². The lowest BCUT2D eigenvalue weighted by molar-refractivity contribution is -0.128. The molecule has 3 fully saturated rings. The Morgan fingerprint density at radius 3 is 1.80 bits per heavy atom. The molecule has 7 heterocycles. The van der Waals surface area contributed by atoms with E-state index in [2.05, 4.69) is 15.3 Å². The van der Waals surface area contributed by atoms with Crippen LogP contribution in [-0.4, -0.2) is 123 Å². The van der Waals surface area contributed by atoms with Crippen molar-refractivity contribution in [3.63, 3.8) is 0 Å². The lowest BCUT2D eigenvalue weighted by Gasteiger charge is -2.26. The zero-order valence-electron chi connectivity index (χ0n) is 41.9. The number of aromatic nitrogens is 7. The van der Waals surface area contributed by atoms with Crippen LogP contribution in [0.5, 0.6) is 0 Å². The summed E-state index contributed by atoms with van der Waals surface area (Å²) in [7, 11) is -5.05. The van der Waals surface area contributed by atoms with Crippen molar-refractivity contribution in [3.8, 4) is 0 Å². The number of aryl methyl sites for hydroxylation is 3. The number of hydrogen-bond acceptors (Lipinski definition) is 17. The summed E-state index contributed by atoms with van der Waals surface area (Å²) in [6.07, 6.45) is -3.44. The van der Waals surface area contributed by atoms with E-state index in [1.165, 1.54) is 41.6 Å². The number of H-pyrrole nitrogens is 2. The Hall–Kier alpha value is -6.22. The lowest BCUT2D eigenvalue weighted by atomic mass is 10.0. The second-order valence-corrected chi connectivity index (χ2v) is 20.8. The zero-order valence-corrected chi connectivity index (χ0v) is 42.8. The van der Waals surface area contributed by atoms with Gasteiger partial charge in [-0.25, -0.2) is 23.9 Å². The molecule has 4 aromatic heterocycles. The highest BCUT2D eigenvalue weighted by molar-refractivity contribution is 7.46. The molecule has 76 heavy (non-hydrogen) atoms. The summed E-state index contributed by atoms with van der Waals surface area (Å²) in [6.45, 7) is 3.30. The number of phosphoric ester groups is 1. The molecule has 3 aliphatic rings. The number of nitrogens with zero attached hydrogens (tertiary/aromatic N) is 5. The molecule has 0 saturated carbocycles. The van der Waals surface area contributed by atoms with E-state index in [1.807, 2.05) is 48.5 Å². The molecule has 6 aromatic rings. The Kier molecular flexibility index (Phi) is 16.6. The van der Waals surface area contributed by atoms with E-state index in [-0.39, 0.29) is 55.7 Å². The van der Waals surface area contributed by atoms with Gasteiger partial charge in [0, 0.05) is 90.9 Å². The monoisotopic (exact) mass is 1080 g/mol. The van der Waals surface area contributed by atoms with Gasteiger partial charge in [0.2, 0.25) is 0 Å². The molecule has 0 amide bonds. The number of hydrogen-bond donors (Lipinski definition) is 7. The number of aromatic amines is 2. The SMILES string of the molecule is Cc1cn([C@H]2C[C@H](OC[C@H]3O[C@@H](n4cc(C)c(=O)n(CC(CO)CCCCNc5c6ccccc6nc6ccccc56)c4=O)C[C@@H]3O[C@H]3C[C@H](n4cc(C)c(=O)[nH]c4=O)O[C@@H]3COP(=O)(O)O)[C@@H](CO)O2)c(=O)[nH]c1=O. The molecular formula is C50H61N8O17P. The quantitative estimate of drug-likeness (QED) is 0.0307. The number of rotatable bonds is 21. The van der Waals surface area contributed by atoms with Gasteiger partial charge in [0.05, 0.1) is 54.9 Å². The average molecular weight is 1080 g/mol. The van der Waals surface area contributed by atoms with E-state index in [1.54, 1.807) is 6.92 Å². The van der Waals surface area contributed by atoms with Crippen LogP contribution in [0.25, 0.3) is 21.8 Å². The summed E-state index contributed by atoms with van der Waals surface area (Å²) in [5.74, 6) is -0.473. The summed E-state index contributed by atoms with van der Waals surface area (Å²) in [6, 6.07) is 15.8. The fraction of sp³-hybridized carbons (Fsp3) is 0.500. The standard InChI is InChI=1S/C50H61N8O17P/c1-27-19-55(48(64)53-45(27)61)41-16-35(38(24-60)73-41)70-25-39-36(72-37-17-42(75-40(37)26-71-76(67,68)69)56-20-28(2)46(62)54-49(56)65)18-43(74-39)57-21-29(3)47(63)58(50(57)66)22-30(23-59)10-8-9-15-51-44-31-11-4-6-13-33(31)52-34-14-7-5-12-32(34)44/h4-7,11-14,19-21,30,35-43,59-60H,8-10,15-18,22-26H2,1-3H3,(H,51,52)(H,53,61,64)(H,54,62,65)(H2,67,68,69)/t30?,35-,36-,37-,38+,39+,40+,41+,42+,43+/m0/s1. The molecule has 3 aliphatic heterocycles. The number of pyridine rings is 1. The number of nitrogens with one attached hydrogen (secondary N) is 3. The molecule has 1 unspecified atom stereocenters. The third-order valence-corrected chi connectivity index (χ3v) is 14.7. The lowest BCUT2D eigenvalue weighted by Crippen LogP contribution is -2.43. The number of para-hydroxylation sites is 2. The summed E-state index contributed by atoms with van der Waals surface area (Å²) in [5.41, 5.74) is -0.664. The van der Waals surface area contributed by atoms with Gasteiger partial charge in [0.25, 0.3) is 16.7 Å². The van der Waals surface area contributed by atoms with Gasteiger partial charge in [-0.3, -0.25) is 47.1 Å². The van der Waals surface area contributed by atoms with Gasteiger partial charge in [-0.05, 0) is 45.7 Å². The normalized spacial score (nSPS) is 24.2. The Morgan fingerprint density at radius 2 is 1.24 bits per heavy atom. The number of anilines is 1. The van der Waals surface area contributed by atoms with E-state index in [9.17, 15) is 53.3 Å². The molecule has 408 valence electrons. The van der Waals surface area contributed by atoms with E-state index in [0.717, 1.165) is 36.6 Å². The molecule has 0 radical (unpaired) electrons. The van der Waals surface area contributed by atoms with Crippen LogP contribution in [0.2, 0.25) is 0 Å². The van der Waals surface area contributed by atoms with Crippen LogP contribution in [0.15, 0.2) is 95.9 Å². The third kappa shape index (κ3) is 12.0. The van der Waals surface area contributed by atoms with Gasteiger partial charge in [-0.15, -0.1) is 0 Å². The first kappa shape index (κ1) is 54.6. The van der Waals surface area contributed by atoms with Crippen molar-refractivity contribution in [2.24, 2.45) is 5.92 Å². The summed E-state index contributed by atoms with van der Waals surface area (Å²) >= 11 is 0. The highest BCUT2D eigenvalue weighted by Gasteiger charge is 2.46. The number of benzene rings is 2. The maximum absolute atomic E-state index is 14.5. The molecular weight excluding hydrogens is 1020 g/mol. The van der Waals surface area contributed by atoms with Crippen LogP contribution in [0.4, 0.5) is 5.69 Å². The highest BCUT2D eigenvalue weighted by atomic mass is 31.2. The summed E-state index contributed by atoms with van der Waals surface area (Å²) in [5, 5.41) is 26.5. The van der Waals surface area contributed by atoms with E-state index in [4.69, 9.17) is 33.2 Å². The minimum Gasteiger partial charge on any atom is -0.396 e. The molecule has 10 atom stereocenters. The van der Waals surface area contributed by atoms with Gasteiger partial charge in [-0.1, -0.05) is 42.8 Å². The van der Waals surface area contributed by atoms with Crippen LogP contribution in [0.1, 0.15) is 73.9 Å². The third-order valence-electron chi connectivity index (χ3n) is 14.2. The van der Waals surface area contributed by atoms with Crippen molar-refractivity contribution < 1.29 is 52.8 Å². The number of aliphatic hydroxyl groups is 2. The van der Waals surface area contributed by atoms with Crippen molar-refractivity contribution in [1.29, 1.82) is 0 Å². The zero-order chi connectivity index (χ0) is 54.0. The van der Waals surface area contributed by atoms with Gasteiger partial charge in [0.15, 0.2) is 0 Å². The van der Waals surface area contributed by atoms with Gasteiger partial charge in [-0.2, -0.15) is 0 Å². The van der Waals surface area contributed by atoms with Crippen LogP contribution in [0.3, 0.4) is 0 Å². The molecule has 0 spiro atoms. The molecule has 25 nitrogen and oxygen atoms in total. The molecule has 3 saturated heterocycles. The van der Waals surface area contributed by atoms with Crippen molar-refractivity contribution >= 4 is 35.3 Å². The van der Waals surface area contributed by atoms with Gasteiger partial charge in [0.1, 0.15) is 37.0 Å². The summed E-state index contributed by atoms with van der Waals surface area (Å²) < 4.78 is 53.1. The summed E-state index contributed by atoms with van der Waals surface area (Å²) in [4.78, 5) is 107. The molecule has 0 bridgehead atoms. The highest BCUT2D eigenvalue weighted by Crippen LogP contribution is 2.41. The largest absolute Gasteiger partial charge is 0.469 e. The Morgan fingerprint density at radius 1 is 0.711 bits per heavy atom. The van der Waals surface area contributed by atoms with Gasteiger partial charge >= 0.3 is 24.9 Å². The van der Waals surface area contributed by atoms with Crippen LogP contribution >= 0.6 is 7.82 Å². The minimum atomic E-state index is -5.05. The second-order valence-electron chi connectivity index (χ2n) is 19.5. The maximum atomic E-state index is 14.5.